The van der Waals surface area contributed by atoms with Gasteiger partial charge in [-0.2, -0.15) is 11.3 Å². The molecular weight excluding hydrogens is 146 g/mol. The van der Waals surface area contributed by atoms with E-state index in [1.807, 2.05) is 16.8 Å². The predicted molar refractivity (Wildman–Crippen MR) is 42.5 cm³/mol. The van der Waals surface area contributed by atoms with E-state index in [9.17, 15) is 0 Å². The van der Waals surface area contributed by atoms with Crippen LogP contribution in [-0.2, 0) is 0 Å². The van der Waals surface area contributed by atoms with Gasteiger partial charge in [0.05, 0.1) is 0 Å². The van der Waals surface area contributed by atoms with E-state index in [1.165, 1.54) is 6.20 Å². The van der Waals surface area contributed by atoms with Gasteiger partial charge in [-0.1, -0.05) is 11.2 Å². The number of azide groups is 1. The molecule has 3 nitrogen and oxygen atoms in total. The molecule has 50 valence electrons. The van der Waals surface area contributed by atoms with E-state index in [-0.39, 0.29) is 0 Å². The Kier molecular flexibility index (Phi) is 2.55. The van der Waals surface area contributed by atoms with Crippen molar-refractivity contribution in [3.8, 4) is 0 Å². The molecule has 0 bridgehead atoms. The first-order valence-electron chi connectivity index (χ1n) is 2.66. The molecule has 0 atom stereocenters. The Morgan fingerprint density at radius 3 is 3.20 bits per heavy atom. The highest BCUT2D eigenvalue weighted by Crippen LogP contribution is 2.07. The van der Waals surface area contributed by atoms with Gasteiger partial charge in [0.15, 0.2) is 0 Å². The molecule has 0 saturated heterocycles. The Bertz CT molecular complexity index is 257. The van der Waals surface area contributed by atoms with Crippen LogP contribution < -0.4 is 0 Å². The molecule has 1 aromatic rings. The average Bonchev–Trinajstić information content (AvgIpc) is 2.41. The van der Waals surface area contributed by atoms with Crippen LogP contribution >= 0.6 is 11.3 Å². The summed E-state index contributed by atoms with van der Waals surface area (Å²) in [5.41, 5.74) is 8.97. The molecule has 1 heterocycles. The molecule has 4 heteroatoms. The molecule has 0 aromatic carbocycles. The van der Waals surface area contributed by atoms with E-state index in [4.69, 9.17) is 5.53 Å². The number of nitrogens with zero attached hydrogens (tertiary/aromatic N) is 3. The Labute approximate surface area is 62.2 Å². The van der Waals surface area contributed by atoms with E-state index in [1.54, 1.807) is 17.4 Å². The second-order valence-corrected chi connectivity index (χ2v) is 2.36. The van der Waals surface area contributed by atoms with Crippen LogP contribution in [0.2, 0.25) is 0 Å². The zero-order valence-corrected chi connectivity index (χ0v) is 5.95. The predicted octanol–water partition coefficient (Wildman–Crippen LogP) is 3.03. The standard InChI is InChI=1S/C6H5N3S/c7-9-8-3-1-6-2-4-10-5-6/h1-5H/b3-1+. The van der Waals surface area contributed by atoms with Crippen LogP contribution in [0.1, 0.15) is 5.56 Å². The lowest BCUT2D eigenvalue weighted by molar-refractivity contribution is 1.53. The first-order chi connectivity index (χ1) is 4.93. The molecular formula is C6H5N3S. The fraction of sp³-hybridized carbons (Fsp3) is 0. The van der Waals surface area contributed by atoms with E-state index in [0.29, 0.717) is 0 Å². The summed E-state index contributed by atoms with van der Waals surface area (Å²) >= 11 is 1.61. The number of thiophene rings is 1. The van der Waals surface area contributed by atoms with E-state index in [0.717, 1.165) is 5.56 Å². The van der Waals surface area contributed by atoms with Crippen LogP contribution in [0.3, 0.4) is 0 Å². The largest absolute Gasteiger partial charge is 0.152 e. The van der Waals surface area contributed by atoms with Crippen molar-refractivity contribution in [2.75, 3.05) is 0 Å². The van der Waals surface area contributed by atoms with Crippen molar-refractivity contribution in [3.05, 3.63) is 39.0 Å². The summed E-state index contributed by atoms with van der Waals surface area (Å²) in [5, 5.41) is 7.19. The molecule has 0 N–H and O–H groups in total. The summed E-state index contributed by atoms with van der Waals surface area (Å²) in [6.07, 6.45) is 3.19. The van der Waals surface area contributed by atoms with Gasteiger partial charge >= 0.3 is 0 Å². The molecule has 0 spiro atoms. The van der Waals surface area contributed by atoms with Crippen molar-refractivity contribution >= 4 is 17.4 Å². The van der Waals surface area contributed by atoms with Crippen molar-refractivity contribution in [2.24, 2.45) is 5.11 Å². The zero-order valence-electron chi connectivity index (χ0n) is 5.14. The molecule has 10 heavy (non-hydrogen) atoms. The third kappa shape index (κ3) is 1.93. The average molecular weight is 151 g/mol. The summed E-state index contributed by atoms with van der Waals surface area (Å²) in [4.78, 5) is 2.58. The smallest absolute Gasteiger partial charge is 0.00475 e. The first-order valence-corrected chi connectivity index (χ1v) is 3.61. The number of rotatable bonds is 2. The Hall–Kier alpha value is -1.25. The molecule has 0 aliphatic rings. The molecule has 0 saturated carbocycles. The fourth-order valence-corrected chi connectivity index (χ4v) is 1.15. The van der Waals surface area contributed by atoms with Crippen molar-refractivity contribution in [1.29, 1.82) is 0 Å². The maximum atomic E-state index is 7.90. The minimum Gasteiger partial charge on any atom is -0.152 e. The Balaban J connectivity index is 2.63. The van der Waals surface area contributed by atoms with Crippen LogP contribution in [0.25, 0.3) is 16.5 Å². The van der Waals surface area contributed by atoms with Crippen molar-refractivity contribution in [3.63, 3.8) is 0 Å². The highest BCUT2D eigenvalue weighted by molar-refractivity contribution is 7.08. The summed E-state index contributed by atoms with van der Waals surface area (Å²) in [6, 6.07) is 1.95. The summed E-state index contributed by atoms with van der Waals surface area (Å²) in [7, 11) is 0. The van der Waals surface area contributed by atoms with Crippen LogP contribution in [0, 0.1) is 0 Å². The normalized spacial score (nSPS) is 9.60. The molecule has 0 fully saturated rings. The minimum atomic E-state index is 1.07. The van der Waals surface area contributed by atoms with Gasteiger partial charge in [-0.3, -0.25) is 0 Å². The Morgan fingerprint density at radius 1 is 1.70 bits per heavy atom. The number of hydrogen-bond acceptors (Lipinski definition) is 2. The quantitative estimate of drug-likeness (QED) is 0.354. The van der Waals surface area contributed by atoms with Gasteiger partial charge in [-0.15, -0.1) is 0 Å². The first kappa shape index (κ1) is 6.86. The van der Waals surface area contributed by atoms with Crippen LogP contribution in [0.5, 0.6) is 0 Å². The van der Waals surface area contributed by atoms with Gasteiger partial charge in [0.25, 0.3) is 0 Å². The van der Waals surface area contributed by atoms with Gasteiger partial charge < -0.3 is 0 Å². The zero-order chi connectivity index (χ0) is 7.23. The third-order valence-electron chi connectivity index (χ3n) is 0.928. The van der Waals surface area contributed by atoms with E-state index < -0.39 is 0 Å². The molecule has 1 rings (SSSR count). The molecule has 0 unspecified atom stereocenters. The third-order valence-corrected chi connectivity index (χ3v) is 1.63. The molecule has 0 aliphatic heterocycles. The SMILES string of the molecule is [N-]=[N+]=N/C=C/c1ccsc1. The second kappa shape index (κ2) is 3.71. The maximum absolute atomic E-state index is 7.90. The summed E-state index contributed by atoms with van der Waals surface area (Å²) < 4.78 is 0. The highest BCUT2D eigenvalue weighted by atomic mass is 32.1. The lowest BCUT2D eigenvalue weighted by Gasteiger charge is -1.75. The van der Waals surface area contributed by atoms with Crippen LogP contribution in [0.15, 0.2) is 28.1 Å². The van der Waals surface area contributed by atoms with Gasteiger partial charge in [0.2, 0.25) is 0 Å². The Morgan fingerprint density at radius 2 is 2.60 bits per heavy atom. The van der Waals surface area contributed by atoms with E-state index in [2.05, 4.69) is 10.0 Å². The fourth-order valence-electron chi connectivity index (χ4n) is 0.519. The second-order valence-electron chi connectivity index (χ2n) is 1.58. The summed E-state index contributed by atoms with van der Waals surface area (Å²) in [5.74, 6) is 0. The molecule has 0 aliphatic carbocycles. The van der Waals surface area contributed by atoms with Crippen LogP contribution in [-0.4, -0.2) is 0 Å². The van der Waals surface area contributed by atoms with E-state index >= 15 is 0 Å². The molecule has 0 radical (unpaired) electrons. The van der Waals surface area contributed by atoms with Gasteiger partial charge in [0.1, 0.15) is 0 Å². The highest BCUT2D eigenvalue weighted by Gasteiger charge is 1.81. The monoisotopic (exact) mass is 151 g/mol. The summed E-state index contributed by atoms with van der Waals surface area (Å²) in [6.45, 7) is 0. The van der Waals surface area contributed by atoms with Gasteiger partial charge in [-0.05, 0) is 27.9 Å². The molecule has 1 aromatic heterocycles. The minimum absolute atomic E-state index is 1.07. The van der Waals surface area contributed by atoms with Crippen molar-refractivity contribution in [2.45, 2.75) is 0 Å². The lowest BCUT2D eigenvalue weighted by Crippen LogP contribution is -1.54. The lowest BCUT2D eigenvalue weighted by atomic mass is 10.3. The maximum Gasteiger partial charge on any atom is 0.00475 e. The van der Waals surface area contributed by atoms with Crippen molar-refractivity contribution in [1.82, 2.24) is 0 Å². The van der Waals surface area contributed by atoms with Crippen LogP contribution in [0.4, 0.5) is 0 Å². The molecule has 0 amide bonds. The van der Waals surface area contributed by atoms with Gasteiger partial charge in [0, 0.05) is 11.1 Å². The topological polar surface area (TPSA) is 48.8 Å². The van der Waals surface area contributed by atoms with Crippen molar-refractivity contribution < 1.29 is 0 Å². The number of hydrogen-bond donors (Lipinski definition) is 0. The van der Waals surface area contributed by atoms with Gasteiger partial charge in [-0.25, -0.2) is 0 Å².